The Kier molecular flexibility index (Phi) is 5.96. The molecule has 1 amide bonds. The summed E-state index contributed by atoms with van der Waals surface area (Å²) < 4.78 is 13.8. The fraction of sp³-hybridized carbons (Fsp3) is 0.533. The van der Waals surface area contributed by atoms with Gasteiger partial charge in [-0.2, -0.15) is 0 Å². The van der Waals surface area contributed by atoms with Crippen molar-refractivity contribution in [2.24, 2.45) is 0 Å². The van der Waals surface area contributed by atoms with E-state index in [0.717, 1.165) is 18.5 Å². The van der Waals surface area contributed by atoms with Crippen LogP contribution in [0.5, 0.6) is 0 Å². The van der Waals surface area contributed by atoms with Crippen molar-refractivity contribution < 1.29 is 9.18 Å². The number of likely N-dealkylation sites (N-methyl/N-ethyl adjacent to an activating group) is 1. The molecule has 1 rings (SSSR count). The minimum atomic E-state index is -0.434. The summed E-state index contributed by atoms with van der Waals surface area (Å²) in [5.41, 5.74) is 0.988. The lowest BCUT2D eigenvalue weighted by atomic mass is 10.1. The molecule has 1 aromatic rings. The zero-order valence-electron chi connectivity index (χ0n) is 12.2. The van der Waals surface area contributed by atoms with Gasteiger partial charge in [0.25, 0.3) is 5.91 Å². The van der Waals surface area contributed by atoms with Gasteiger partial charge in [-0.3, -0.25) is 4.79 Å². The van der Waals surface area contributed by atoms with E-state index in [0.29, 0.717) is 13.1 Å². The highest BCUT2D eigenvalue weighted by molar-refractivity contribution is 5.94. The zero-order valence-corrected chi connectivity index (χ0v) is 12.2. The first-order valence-electron chi connectivity index (χ1n) is 6.65. The average molecular weight is 266 g/mol. The largest absolute Gasteiger partial charge is 0.337 e. The van der Waals surface area contributed by atoms with Crippen LogP contribution in [-0.2, 0) is 0 Å². The molecule has 0 aliphatic heterocycles. The summed E-state index contributed by atoms with van der Waals surface area (Å²) in [5, 5.41) is 0. The van der Waals surface area contributed by atoms with Gasteiger partial charge >= 0.3 is 0 Å². The van der Waals surface area contributed by atoms with Crippen molar-refractivity contribution in [2.45, 2.75) is 20.3 Å². The fourth-order valence-electron chi connectivity index (χ4n) is 1.87. The molecule has 0 N–H and O–H groups in total. The van der Waals surface area contributed by atoms with Gasteiger partial charge in [-0.1, -0.05) is 13.0 Å². The average Bonchev–Trinajstić information content (AvgIpc) is 2.33. The van der Waals surface area contributed by atoms with Gasteiger partial charge < -0.3 is 9.80 Å². The van der Waals surface area contributed by atoms with E-state index < -0.39 is 5.82 Å². The van der Waals surface area contributed by atoms with Crippen LogP contribution in [0.2, 0.25) is 0 Å². The standard InChI is InChI=1S/C15H23FN2O/c1-5-8-18(10-9-17(3)4)15(19)13-7-6-12(2)11-14(13)16/h6-7,11H,5,8-10H2,1-4H3. The molecule has 0 fully saturated rings. The Labute approximate surface area is 115 Å². The minimum absolute atomic E-state index is 0.165. The maximum atomic E-state index is 13.8. The van der Waals surface area contributed by atoms with E-state index in [2.05, 4.69) is 0 Å². The van der Waals surface area contributed by atoms with Crippen molar-refractivity contribution >= 4 is 5.91 Å². The monoisotopic (exact) mass is 266 g/mol. The third-order valence-electron chi connectivity index (χ3n) is 2.95. The summed E-state index contributed by atoms with van der Waals surface area (Å²) in [7, 11) is 3.92. The van der Waals surface area contributed by atoms with Gasteiger partial charge in [0.2, 0.25) is 0 Å². The molecule has 4 heteroatoms. The third kappa shape index (κ3) is 4.63. The molecule has 106 valence electrons. The number of hydrogen-bond acceptors (Lipinski definition) is 2. The number of aryl methyl sites for hydroxylation is 1. The Morgan fingerprint density at radius 3 is 2.42 bits per heavy atom. The fourth-order valence-corrected chi connectivity index (χ4v) is 1.87. The summed E-state index contributed by atoms with van der Waals surface area (Å²) in [4.78, 5) is 16.1. The van der Waals surface area contributed by atoms with Crippen LogP contribution in [0, 0.1) is 12.7 Å². The SMILES string of the molecule is CCCN(CCN(C)C)C(=O)c1ccc(C)cc1F. The Balaban J connectivity index is 2.85. The number of halogens is 1. The van der Waals surface area contributed by atoms with Crippen molar-refractivity contribution in [3.63, 3.8) is 0 Å². The summed E-state index contributed by atoms with van der Waals surface area (Å²) in [5.74, 6) is -0.655. The normalized spacial score (nSPS) is 10.8. The molecule has 3 nitrogen and oxygen atoms in total. The zero-order chi connectivity index (χ0) is 14.4. The Morgan fingerprint density at radius 1 is 1.21 bits per heavy atom. The van der Waals surface area contributed by atoms with Crippen LogP contribution >= 0.6 is 0 Å². The first kappa shape index (κ1) is 15.6. The second-order valence-corrected chi connectivity index (χ2v) is 5.08. The molecular weight excluding hydrogens is 243 g/mol. The predicted molar refractivity (Wildman–Crippen MR) is 75.9 cm³/mol. The number of benzene rings is 1. The van der Waals surface area contributed by atoms with Crippen molar-refractivity contribution in [3.8, 4) is 0 Å². The Morgan fingerprint density at radius 2 is 1.89 bits per heavy atom. The molecule has 1 aromatic carbocycles. The van der Waals surface area contributed by atoms with Crippen LogP contribution < -0.4 is 0 Å². The molecule has 0 spiro atoms. The van der Waals surface area contributed by atoms with Crippen LogP contribution in [-0.4, -0.2) is 49.4 Å². The maximum absolute atomic E-state index is 13.8. The maximum Gasteiger partial charge on any atom is 0.256 e. The lowest BCUT2D eigenvalue weighted by Gasteiger charge is -2.24. The number of nitrogens with zero attached hydrogens (tertiary/aromatic N) is 2. The minimum Gasteiger partial charge on any atom is -0.337 e. The van der Waals surface area contributed by atoms with Gasteiger partial charge in [-0.25, -0.2) is 4.39 Å². The topological polar surface area (TPSA) is 23.6 Å². The molecule has 0 bridgehead atoms. The number of amides is 1. The number of rotatable bonds is 6. The van der Waals surface area contributed by atoms with Crippen LogP contribution in [0.3, 0.4) is 0 Å². The van der Waals surface area contributed by atoms with Crippen molar-refractivity contribution in [1.29, 1.82) is 0 Å². The number of carbonyl (C=O) groups is 1. The van der Waals surface area contributed by atoms with Gasteiger partial charge in [-0.05, 0) is 45.1 Å². The molecule has 0 heterocycles. The van der Waals surface area contributed by atoms with Gasteiger partial charge in [0, 0.05) is 19.6 Å². The van der Waals surface area contributed by atoms with Crippen LogP contribution in [0.1, 0.15) is 29.3 Å². The van der Waals surface area contributed by atoms with Crippen LogP contribution in [0.15, 0.2) is 18.2 Å². The molecule has 0 aliphatic rings. The lowest BCUT2D eigenvalue weighted by molar-refractivity contribution is 0.0740. The van der Waals surface area contributed by atoms with Crippen molar-refractivity contribution in [2.75, 3.05) is 33.7 Å². The second-order valence-electron chi connectivity index (χ2n) is 5.08. The first-order chi connectivity index (χ1) is 8.95. The van der Waals surface area contributed by atoms with Crippen LogP contribution in [0.4, 0.5) is 4.39 Å². The quantitative estimate of drug-likeness (QED) is 0.790. The highest BCUT2D eigenvalue weighted by Gasteiger charge is 2.18. The summed E-state index contributed by atoms with van der Waals surface area (Å²) in [6, 6.07) is 4.75. The van der Waals surface area contributed by atoms with E-state index in [9.17, 15) is 9.18 Å². The highest BCUT2D eigenvalue weighted by Crippen LogP contribution is 2.13. The van der Waals surface area contributed by atoms with Crippen molar-refractivity contribution in [3.05, 3.63) is 35.1 Å². The van der Waals surface area contributed by atoms with Gasteiger partial charge in [0.1, 0.15) is 5.82 Å². The third-order valence-corrected chi connectivity index (χ3v) is 2.95. The van der Waals surface area contributed by atoms with Crippen molar-refractivity contribution in [1.82, 2.24) is 9.80 Å². The first-order valence-corrected chi connectivity index (χ1v) is 6.65. The van der Waals surface area contributed by atoms with Crippen LogP contribution in [0.25, 0.3) is 0 Å². The molecule has 0 aromatic heterocycles. The molecule has 0 saturated heterocycles. The number of hydrogen-bond donors (Lipinski definition) is 0. The van der Waals surface area contributed by atoms with Gasteiger partial charge in [0.15, 0.2) is 0 Å². The van der Waals surface area contributed by atoms with E-state index in [1.54, 1.807) is 17.0 Å². The Hall–Kier alpha value is -1.42. The molecular formula is C15H23FN2O. The van der Waals surface area contributed by atoms with E-state index in [4.69, 9.17) is 0 Å². The van der Waals surface area contributed by atoms with E-state index >= 15 is 0 Å². The van der Waals surface area contributed by atoms with Gasteiger partial charge in [0.05, 0.1) is 5.56 Å². The number of carbonyl (C=O) groups excluding carboxylic acids is 1. The Bertz CT molecular complexity index is 432. The summed E-state index contributed by atoms with van der Waals surface area (Å²) in [6.07, 6.45) is 0.868. The van der Waals surface area contributed by atoms with E-state index in [-0.39, 0.29) is 11.5 Å². The molecule has 0 unspecified atom stereocenters. The molecule has 0 atom stereocenters. The lowest BCUT2D eigenvalue weighted by Crippen LogP contribution is -2.37. The molecule has 0 radical (unpaired) electrons. The molecule has 19 heavy (non-hydrogen) atoms. The molecule has 0 saturated carbocycles. The summed E-state index contributed by atoms with van der Waals surface area (Å²) in [6.45, 7) is 5.88. The van der Waals surface area contributed by atoms with Gasteiger partial charge in [-0.15, -0.1) is 0 Å². The highest BCUT2D eigenvalue weighted by atomic mass is 19.1. The summed E-state index contributed by atoms with van der Waals surface area (Å²) >= 11 is 0. The molecule has 0 aliphatic carbocycles. The smallest absolute Gasteiger partial charge is 0.256 e. The predicted octanol–water partition coefficient (Wildman–Crippen LogP) is 2.55. The second kappa shape index (κ2) is 7.24. The van der Waals surface area contributed by atoms with E-state index in [1.165, 1.54) is 6.07 Å². The van der Waals surface area contributed by atoms with E-state index in [1.807, 2.05) is 32.8 Å².